The average molecular weight is 421 g/mol. The number of aryl methyl sites for hydroxylation is 1. The molecule has 2 rings (SSSR count). The van der Waals surface area contributed by atoms with Gasteiger partial charge in [0.2, 0.25) is 0 Å². The number of nitrogens with zero attached hydrogens (tertiary/aromatic N) is 1. The number of carbonyl (C=O) groups is 1. The number of carbonyl (C=O) groups excluding carboxylic acids is 1. The quantitative estimate of drug-likeness (QED) is 0.242. The molecule has 5 N–H and O–H groups in total. The van der Waals surface area contributed by atoms with E-state index >= 15 is 4.39 Å². The van der Waals surface area contributed by atoms with Crippen LogP contribution in [0.2, 0.25) is 0 Å². The van der Waals surface area contributed by atoms with Gasteiger partial charge in [0.05, 0.1) is 5.40 Å². The summed E-state index contributed by atoms with van der Waals surface area (Å²) < 4.78 is 26.0. The van der Waals surface area contributed by atoms with Crippen LogP contribution in [0.4, 0.5) is 4.39 Å². The van der Waals surface area contributed by atoms with Crippen LogP contribution in [0.25, 0.3) is 0 Å². The first-order valence-electron chi connectivity index (χ1n) is 8.52. The molecule has 0 bridgehead atoms. The third kappa shape index (κ3) is 3.84. The molecule has 0 aromatic carbocycles. The van der Waals surface area contributed by atoms with Gasteiger partial charge in [-0.2, -0.15) is 0 Å². The highest BCUT2D eigenvalue weighted by atomic mass is 32.1. The second-order valence-electron chi connectivity index (χ2n) is 7.31. The predicted molar refractivity (Wildman–Crippen MR) is 104 cm³/mol. The lowest BCUT2D eigenvalue weighted by atomic mass is 9.59. The Morgan fingerprint density at radius 3 is 2.55 bits per heavy atom. The Balaban J connectivity index is 2.48. The van der Waals surface area contributed by atoms with E-state index in [1.807, 2.05) is 0 Å². The van der Waals surface area contributed by atoms with E-state index in [9.17, 15) is 19.8 Å². The topological polar surface area (TPSA) is 140 Å². The van der Waals surface area contributed by atoms with Gasteiger partial charge in [0.1, 0.15) is 52.1 Å². The van der Waals surface area contributed by atoms with E-state index in [-0.39, 0.29) is 4.64 Å². The highest BCUT2D eigenvalue weighted by molar-refractivity contribution is 7.71. The number of hydrogen-bond acceptors (Lipinski definition) is 8. The highest BCUT2D eigenvalue weighted by Gasteiger charge is 2.68. The van der Waals surface area contributed by atoms with E-state index in [0.29, 0.717) is 10.1 Å². The molecule has 0 spiro atoms. The SMILES string of the molecule is [B]C([B])(OC(=O)[C@@H](N)C(C)C)[C@@]1(F)O[C@@]([B])(n2cc(C)c(=S)[nH]c2=O)[C@H](O)[C@@H]1O. The zero-order valence-electron chi connectivity index (χ0n) is 16.0. The summed E-state index contributed by atoms with van der Waals surface area (Å²) in [5.41, 5.74) is 2.30. The summed E-state index contributed by atoms with van der Waals surface area (Å²) >= 11 is 4.92. The van der Waals surface area contributed by atoms with Crippen molar-refractivity contribution in [3.05, 3.63) is 26.9 Å². The van der Waals surface area contributed by atoms with E-state index in [0.717, 1.165) is 6.20 Å². The van der Waals surface area contributed by atoms with Crippen molar-refractivity contribution in [2.45, 2.75) is 55.9 Å². The second kappa shape index (κ2) is 7.66. The van der Waals surface area contributed by atoms with E-state index in [1.54, 1.807) is 13.8 Å². The molecule has 0 amide bonds. The molecule has 1 fully saturated rings. The van der Waals surface area contributed by atoms with Crippen molar-refractivity contribution in [3.63, 3.8) is 0 Å². The molecule has 5 atom stereocenters. The third-order valence-corrected chi connectivity index (χ3v) is 5.13. The first-order chi connectivity index (χ1) is 13.1. The number of H-pyrrole nitrogens is 1. The van der Waals surface area contributed by atoms with Crippen molar-refractivity contribution >= 4 is 41.7 Å². The van der Waals surface area contributed by atoms with Crippen molar-refractivity contribution in [1.29, 1.82) is 0 Å². The number of rotatable bonds is 5. The minimum atomic E-state index is -3.62. The second-order valence-corrected chi connectivity index (χ2v) is 7.72. The van der Waals surface area contributed by atoms with Gasteiger partial charge >= 0.3 is 11.7 Å². The van der Waals surface area contributed by atoms with E-state index in [1.165, 1.54) is 6.92 Å². The largest absolute Gasteiger partial charge is 0.473 e. The van der Waals surface area contributed by atoms with Crippen LogP contribution >= 0.6 is 12.2 Å². The first kappa shape index (κ1) is 23.8. The standard InChI is InChI=1S/C15H19B3FN3O6S/c1-5(2)7(20)11(25)27-15(17,18)13(19)8(23)9(24)14(16,28-13)22-4-6(3)10(29)21-12(22)26/h4-5,7-9,23-24H,20H2,1-3H3,(H,21,26,29)/t7-,8-,9+,13-,14-/m0/s1. The normalized spacial score (nSPS) is 31.0. The molecule has 1 aliphatic heterocycles. The van der Waals surface area contributed by atoms with Gasteiger partial charge in [-0.1, -0.05) is 26.1 Å². The smallest absolute Gasteiger partial charge is 0.328 e. The Bertz CT molecular complexity index is 927. The molecule has 0 saturated carbocycles. The maximum Gasteiger partial charge on any atom is 0.328 e. The number of esters is 1. The number of aromatic amines is 1. The lowest BCUT2D eigenvalue weighted by Gasteiger charge is -2.41. The Morgan fingerprint density at radius 1 is 1.48 bits per heavy atom. The monoisotopic (exact) mass is 421 g/mol. The van der Waals surface area contributed by atoms with Crippen LogP contribution in [0.15, 0.2) is 11.0 Å². The van der Waals surface area contributed by atoms with Crippen LogP contribution in [-0.2, 0) is 19.9 Å². The zero-order valence-corrected chi connectivity index (χ0v) is 16.8. The van der Waals surface area contributed by atoms with Gasteiger partial charge in [0.25, 0.3) is 5.85 Å². The van der Waals surface area contributed by atoms with Gasteiger partial charge in [-0.05, 0) is 12.8 Å². The number of halogens is 1. The lowest BCUT2D eigenvalue weighted by Crippen LogP contribution is -2.62. The molecule has 6 radical (unpaired) electrons. The van der Waals surface area contributed by atoms with Crippen molar-refractivity contribution in [2.75, 3.05) is 0 Å². The molecule has 1 aromatic rings. The van der Waals surface area contributed by atoms with Gasteiger partial charge in [-0.3, -0.25) is 14.3 Å². The van der Waals surface area contributed by atoms with E-state index in [4.69, 9.17) is 51.0 Å². The summed E-state index contributed by atoms with van der Waals surface area (Å²) in [4.78, 5) is 26.6. The molecular formula is C15H19B3FN3O6S. The molecule has 9 nitrogen and oxygen atoms in total. The fourth-order valence-corrected chi connectivity index (χ4v) is 2.83. The molecule has 0 unspecified atom stereocenters. The van der Waals surface area contributed by atoms with Gasteiger partial charge in [0, 0.05) is 11.8 Å². The molecular weight excluding hydrogens is 402 g/mol. The van der Waals surface area contributed by atoms with Crippen LogP contribution < -0.4 is 11.4 Å². The third-order valence-electron chi connectivity index (χ3n) is 4.70. The van der Waals surface area contributed by atoms with Gasteiger partial charge in [-0.15, -0.1) is 0 Å². The Labute approximate surface area is 175 Å². The Hall–Kier alpha value is -1.47. The van der Waals surface area contributed by atoms with Crippen LogP contribution in [0.3, 0.4) is 0 Å². The molecule has 0 aliphatic carbocycles. The number of ether oxygens (including phenoxy) is 2. The summed E-state index contributed by atoms with van der Waals surface area (Å²) in [6.07, 6.45) is -3.68. The minimum absolute atomic E-state index is 0.0676. The molecule has 1 saturated heterocycles. The van der Waals surface area contributed by atoms with Crippen molar-refractivity contribution in [2.24, 2.45) is 11.7 Å². The number of hydrogen-bond donors (Lipinski definition) is 4. The summed E-state index contributed by atoms with van der Waals surface area (Å²) in [6, 6.07) is -1.21. The fraction of sp³-hybridized carbons (Fsp3) is 0.667. The van der Waals surface area contributed by atoms with Crippen molar-refractivity contribution in [1.82, 2.24) is 9.55 Å². The number of aliphatic hydroxyl groups is 2. The van der Waals surface area contributed by atoms with Gasteiger partial charge in [0.15, 0.2) is 0 Å². The van der Waals surface area contributed by atoms with Gasteiger partial charge in [-0.25, -0.2) is 9.18 Å². The molecule has 14 heteroatoms. The predicted octanol–water partition coefficient (Wildman–Crippen LogP) is -2.07. The van der Waals surface area contributed by atoms with E-state index in [2.05, 4.69) is 4.98 Å². The molecule has 2 heterocycles. The van der Waals surface area contributed by atoms with Crippen LogP contribution in [0.1, 0.15) is 19.4 Å². The Morgan fingerprint density at radius 2 is 2.03 bits per heavy atom. The molecule has 1 aliphatic rings. The fourth-order valence-electron chi connectivity index (χ4n) is 2.69. The highest BCUT2D eigenvalue weighted by Crippen LogP contribution is 2.45. The zero-order chi connectivity index (χ0) is 22.5. The minimum Gasteiger partial charge on any atom is -0.473 e. The summed E-state index contributed by atoms with van der Waals surface area (Å²) in [6.45, 7) is 4.69. The average Bonchev–Trinajstić information content (AvgIpc) is 2.79. The summed E-state index contributed by atoms with van der Waals surface area (Å²) in [5.74, 6) is -5.21. The molecule has 1 aromatic heterocycles. The van der Waals surface area contributed by atoms with Crippen LogP contribution in [0.5, 0.6) is 0 Å². The number of alkyl halides is 1. The molecule has 152 valence electrons. The van der Waals surface area contributed by atoms with Crippen LogP contribution in [0, 0.1) is 17.5 Å². The lowest BCUT2D eigenvalue weighted by molar-refractivity contribution is -0.250. The number of nitrogens with two attached hydrogens (primary N) is 1. The number of aromatic nitrogens is 2. The van der Waals surface area contributed by atoms with Gasteiger partial charge < -0.3 is 25.4 Å². The maximum atomic E-state index is 15.6. The van der Waals surface area contributed by atoms with Crippen LogP contribution in [-0.4, -0.2) is 78.8 Å². The van der Waals surface area contributed by atoms with Crippen molar-refractivity contribution < 1.29 is 28.9 Å². The maximum absolute atomic E-state index is 15.6. The van der Waals surface area contributed by atoms with Crippen molar-refractivity contribution in [3.8, 4) is 0 Å². The summed E-state index contributed by atoms with van der Waals surface area (Å²) in [5, 5.41) is 17.5. The molecule has 29 heavy (non-hydrogen) atoms. The number of aliphatic hydroxyl groups excluding tert-OH is 2. The Kier molecular flexibility index (Phi) is 6.29. The van der Waals surface area contributed by atoms with E-state index < -0.39 is 52.7 Å². The number of nitrogens with one attached hydrogen (secondary N) is 1. The summed E-state index contributed by atoms with van der Waals surface area (Å²) in [7, 11) is 17.1. The first-order valence-corrected chi connectivity index (χ1v) is 8.92.